The van der Waals surface area contributed by atoms with Crippen LogP contribution in [0.4, 0.5) is 0 Å². The molecule has 1 aromatic heterocycles. The van der Waals surface area contributed by atoms with Gasteiger partial charge in [-0.3, -0.25) is 4.79 Å². The van der Waals surface area contributed by atoms with Crippen molar-refractivity contribution >= 4 is 16.9 Å². The number of carboxylic acid groups (broad SMARTS) is 1. The van der Waals surface area contributed by atoms with Gasteiger partial charge in [-0.15, -0.1) is 0 Å². The number of pyridine rings is 1. The Morgan fingerprint density at radius 3 is 2.33 bits per heavy atom. The minimum Gasteiger partial charge on any atom is -0.477 e. The highest BCUT2D eigenvalue weighted by Crippen LogP contribution is 2.26. The lowest BCUT2D eigenvalue weighted by Gasteiger charge is -2.12. The van der Waals surface area contributed by atoms with Crippen LogP contribution < -0.4 is 5.43 Å². The number of nitrogens with one attached hydrogen (secondary N) is 1. The highest BCUT2D eigenvalue weighted by atomic mass is 16.4. The summed E-state index contributed by atoms with van der Waals surface area (Å²) in [5.41, 5.74) is 3.69. The normalized spacial score (nSPS) is 10.9. The fourth-order valence-corrected chi connectivity index (χ4v) is 3.10. The van der Waals surface area contributed by atoms with Gasteiger partial charge in [-0.1, -0.05) is 44.2 Å². The van der Waals surface area contributed by atoms with Crippen LogP contribution in [0.3, 0.4) is 0 Å². The van der Waals surface area contributed by atoms with Gasteiger partial charge in [0.05, 0.1) is 5.52 Å². The minimum absolute atomic E-state index is 0.00263. The number of aromatic carboxylic acids is 1. The van der Waals surface area contributed by atoms with E-state index in [0.717, 1.165) is 16.7 Å². The fourth-order valence-electron chi connectivity index (χ4n) is 3.10. The van der Waals surface area contributed by atoms with E-state index in [4.69, 9.17) is 0 Å². The van der Waals surface area contributed by atoms with Crippen molar-refractivity contribution in [1.82, 2.24) is 4.98 Å². The molecule has 0 spiro atoms. The monoisotopic (exact) mass is 321 g/mol. The zero-order valence-corrected chi connectivity index (χ0v) is 13.7. The van der Waals surface area contributed by atoms with Gasteiger partial charge in [-0.2, -0.15) is 0 Å². The van der Waals surface area contributed by atoms with E-state index in [1.165, 1.54) is 0 Å². The summed E-state index contributed by atoms with van der Waals surface area (Å²) in [7, 11) is 0. The molecule has 0 unspecified atom stereocenters. The second-order valence-corrected chi connectivity index (χ2v) is 5.74. The summed E-state index contributed by atoms with van der Waals surface area (Å²) in [6.45, 7) is 3.79. The fraction of sp³-hybridized carbons (Fsp3) is 0.200. The summed E-state index contributed by atoms with van der Waals surface area (Å²) in [5, 5.41) is 9.96. The Morgan fingerprint density at radius 1 is 1.04 bits per heavy atom. The number of carboxylic acids is 1. The van der Waals surface area contributed by atoms with E-state index in [1.54, 1.807) is 6.92 Å². The third kappa shape index (κ3) is 2.60. The van der Waals surface area contributed by atoms with Gasteiger partial charge in [0, 0.05) is 10.9 Å². The Hall–Kier alpha value is -2.88. The number of H-pyrrole nitrogens is 1. The molecule has 1 heterocycles. The summed E-state index contributed by atoms with van der Waals surface area (Å²) in [5.74, 6) is -1.10. The summed E-state index contributed by atoms with van der Waals surface area (Å²) in [6, 6.07) is 13.7. The maximum atomic E-state index is 12.9. The molecule has 2 aromatic carbocycles. The van der Waals surface area contributed by atoms with Crippen LogP contribution in [0.2, 0.25) is 0 Å². The number of carbonyl (C=O) groups is 1. The molecule has 2 N–H and O–H groups in total. The summed E-state index contributed by atoms with van der Waals surface area (Å²) in [4.78, 5) is 27.3. The largest absolute Gasteiger partial charge is 0.477 e. The second-order valence-electron chi connectivity index (χ2n) is 5.74. The smallest absolute Gasteiger partial charge is 0.352 e. The molecule has 0 atom stereocenters. The molecule has 0 aliphatic carbocycles. The Kier molecular flexibility index (Phi) is 4.21. The lowest BCUT2D eigenvalue weighted by Crippen LogP contribution is -2.18. The first-order valence-electron chi connectivity index (χ1n) is 8.07. The van der Waals surface area contributed by atoms with E-state index in [-0.39, 0.29) is 11.1 Å². The molecule has 0 aliphatic heterocycles. The second kappa shape index (κ2) is 6.32. The maximum absolute atomic E-state index is 12.9. The number of aromatic nitrogens is 1. The standard InChI is InChI=1S/C20H19NO3/c1-3-12-10-14(13-8-6-5-7-9-13)11-16-17(12)21-18(20(23)24)15(4-2)19(16)22/h5-11H,3-4H2,1-2H3,(H,21,22)(H,23,24). The minimum atomic E-state index is -1.10. The number of rotatable bonds is 4. The molecule has 4 nitrogen and oxygen atoms in total. The SMILES string of the molecule is CCc1c(C(=O)O)[nH]c2c(CC)cc(-c3ccccc3)cc2c1=O. The summed E-state index contributed by atoms with van der Waals surface area (Å²) < 4.78 is 0. The van der Waals surface area contributed by atoms with Crippen molar-refractivity contribution in [2.24, 2.45) is 0 Å². The average Bonchev–Trinajstić information content (AvgIpc) is 2.61. The van der Waals surface area contributed by atoms with Crippen LogP contribution in [-0.2, 0) is 12.8 Å². The van der Waals surface area contributed by atoms with Gasteiger partial charge in [0.25, 0.3) is 0 Å². The third-order valence-corrected chi connectivity index (χ3v) is 4.35. The number of hydrogen-bond acceptors (Lipinski definition) is 2. The van der Waals surface area contributed by atoms with Gasteiger partial charge < -0.3 is 10.1 Å². The summed E-state index contributed by atoms with van der Waals surface area (Å²) in [6.07, 6.45) is 1.08. The Labute approximate surface area is 139 Å². The van der Waals surface area contributed by atoms with Crippen LogP contribution in [0, 0.1) is 0 Å². The van der Waals surface area contributed by atoms with Crippen molar-refractivity contribution in [1.29, 1.82) is 0 Å². The van der Waals surface area contributed by atoms with Crippen LogP contribution >= 0.6 is 0 Å². The van der Waals surface area contributed by atoms with Crippen LogP contribution in [0.5, 0.6) is 0 Å². The molecule has 0 radical (unpaired) electrons. The Morgan fingerprint density at radius 2 is 1.75 bits per heavy atom. The number of aromatic amines is 1. The first-order valence-corrected chi connectivity index (χ1v) is 8.07. The van der Waals surface area contributed by atoms with Gasteiger partial charge in [0.1, 0.15) is 5.69 Å². The predicted molar refractivity (Wildman–Crippen MR) is 95.7 cm³/mol. The molecule has 0 saturated heterocycles. The number of aryl methyl sites for hydroxylation is 1. The first kappa shape index (κ1) is 16.0. The zero-order chi connectivity index (χ0) is 17.3. The van der Waals surface area contributed by atoms with Crippen molar-refractivity contribution in [3.05, 3.63) is 69.5 Å². The molecule has 3 aromatic rings. The maximum Gasteiger partial charge on any atom is 0.352 e. The average molecular weight is 321 g/mol. The van der Waals surface area contributed by atoms with E-state index in [2.05, 4.69) is 4.98 Å². The summed E-state index contributed by atoms with van der Waals surface area (Å²) >= 11 is 0. The van der Waals surface area contributed by atoms with Crippen LogP contribution in [0.1, 0.15) is 35.5 Å². The molecule has 24 heavy (non-hydrogen) atoms. The molecule has 0 fully saturated rings. The van der Waals surface area contributed by atoms with Crippen LogP contribution in [-0.4, -0.2) is 16.1 Å². The molecular formula is C20H19NO3. The topological polar surface area (TPSA) is 70.2 Å². The quantitative estimate of drug-likeness (QED) is 0.762. The zero-order valence-electron chi connectivity index (χ0n) is 13.7. The molecule has 0 saturated carbocycles. The number of benzene rings is 2. The molecule has 122 valence electrons. The van der Waals surface area contributed by atoms with Gasteiger partial charge >= 0.3 is 5.97 Å². The molecule has 0 amide bonds. The van der Waals surface area contributed by atoms with Gasteiger partial charge in [-0.05, 0) is 41.7 Å². The van der Waals surface area contributed by atoms with Crippen LogP contribution in [0.25, 0.3) is 22.0 Å². The van der Waals surface area contributed by atoms with Crippen molar-refractivity contribution in [3.63, 3.8) is 0 Å². The van der Waals surface area contributed by atoms with Crippen molar-refractivity contribution < 1.29 is 9.90 Å². The highest BCUT2D eigenvalue weighted by molar-refractivity contribution is 5.94. The number of hydrogen-bond donors (Lipinski definition) is 2. The lowest BCUT2D eigenvalue weighted by atomic mass is 9.96. The third-order valence-electron chi connectivity index (χ3n) is 4.35. The van der Waals surface area contributed by atoms with Gasteiger partial charge in [0.15, 0.2) is 5.43 Å². The Bertz CT molecular complexity index is 972. The van der Waals surface area contributed by atoms with Crippen molar-refractivity contribution in [3.8, 4) is 11.1 Å². The van der Waals surface area contributed by atoms with E-state index in [0.29, 0.717) is 29.3 Å². The highest BCUT2D eigenvalue weighted by Gasteiger charge is 2.18. The van der Waals surface area contributed by atoms with E-state index >= 15 is 0 Å². The van der Waals surface area contributed by atoms with Crippen molar-refractivity contribution in [2.45, 2.75) is 26.7 Å². The number of fused-ring (bicyclic) bond motifs is 1. The van der Waals surface area contributed by atoms with E-state index < -0.39 is 5.97 Å². The van der Waals surface area contributed by atoms with Gasteiger partial charge in [0.2, 0.25) is 0 Å². The van der Waals surface area contributed by atoms with E-state index in [1.807, 2.05) is 49.4 Å². The first-order chi connectivity index (χ1) is 11.6. The lowest BCUT2D eigenvalue weighted by molar-refractivity contribution is 0.0689. The van der Waals surface area contributed by atoms with Gasteiger partial charge in [-0.25, -0.2) is 4.79 Å². The van der Waals surface area contributed by atoms with E-state index in [9.17, 15) is 14.7 Å². The predicted octanol–water partition coefficient (Wildman–Crippen LogP) is 4.02. The van der Waals surface area contributed by atoms with Crippen molar-refractivity contribution in [2.75, 3.05) is 0 Å². The molecule has 0 bridgehead atoms. The molecular weight excluding hydrogens is 302 g/mol. The molecule has 4 heteroatoms. The van der Waals surface area contributed by atoms with Crippen LogP contribution in [0.15, 0.2) is 47.3 Å². The molecule has 3 rings (SSSR count). The Balaban J connectivity index is 2.40. The molecule has 0 aliphatic rings.